The Balaban J connectivity index is 1.95. The molecule has 1 saturated heterocycles. The Bertz CT molecular complexity index is 502. The second kappa shape index (κ2) is 6.22. The number of rotatable bonds is 3. The lowest BCUT2D eigenvalue weighted by Crippen LogP contribution is -2.43. The highest BCUT2D eigenvalue weighted by molar-refractivity contribution is 7.15. The predicted octanol–water partition coefficient (Wildman–Crippen LogP) is 0.641. The SMILES string of the molecule is CC(C)(C)NC(=O)Nc1nnc([C@H]2C[C@H](O)[C@@H](CO)O2)s1. The van der Waals surface area contributed by atoms with E-state index in [0.717, 1.165) is 0 Å². The Morgan fingerprint density at radius 2 is 2.19 bits per heavy atom. The highest BCUT2D eigenvalue weighted by atomic mass is 32.1. The number of amides is 2. The zero-order valence-electron chi connectivity index (χ0n) is 12.2. The van der Waals surface area contributed by atoms with E-state index in [-0.39, 0.29) is 18.2 Å². The maximum Gasteiger partial charge on any atom is 0.321 e. The number of anilines is 1. The van der Waals surface area contributed by atoms with Crippen molar-refractivity contribution >= 4 is 22.5 Å². The van der Waals surface area contributed by atoms with E-state index in [1.807, 2.05) is 20.8 Å². The Morgan fingerprint density at radius 3 is 2.76 bits per heavy atom. The van der Waals surface area contributed by atoms with Gasteiger partial charge in [0.25, 0.3) is 0 Å². The number of ether oxygens (including phenoxy) is 1. The molecule has 21 heavy (non-hydrogen) atoms. The number of nitrogens with zero attached hydrogens (tertiary/aromatic N) is 2. The highest BCUT2D eigenvalue weighted by Gasteiger charge is 2.36. The molecule has 0 saturated carbocycles. The first-order valence-electron chi connectivity index (χ1n) is 6.65. The van der Waals surface area contributed by atoms with Crippen molar-refractivity contribution in [3.05, 3.63) is 5.01 Å². The fraction of sp³-hybridized carbons (Fsp3) is 0.750. The van der Waals surface area contributed by atoms with Crippen molar-refractivity contribution in [1.82, 2.24) is 15.5 Å². The van der Waals surface area contributed by atoms with Gasteiger partial charge in [-0.05, 0) is 20.8 Å². The van der Waals surface area contributed by atoms with Crippen LogP contribution in [0.4, 0.5) is 9.93 Å². The second-order valence-corrected chi connectivity index (χ2v) is 6.93. The van der Waals surface area contributed by atoms with E-state index < -0.39 is 18.3 Å². The number of carbonyl (C=O) groups is 1. The zero-order valence-corrected chi connectivity index (χ0v) is 13.0. The summed E-state index contributed by atoms with van der Waals surface area (Å²) in [4.78, 5) is 11.7. The molecule has 1 aliphatic rings. The van der Waals surface area contributed by atoms with Crippen LogP contribution in [0.5, 0.6) is 0 Å². The van der Waals surface area contributed by atoms with Gasteiger partial charge in [0.2, 0.25) is 5.13 Å². The summed E-state index contributed by atoms with van der Waals surface area (Å²) < 4.78 is 5.49. The monoisotopic (exact) mass is 316 g/mol. The van der Waals surface area contributed by atoms with Gasteiger partial charge in [0.05, 0.1) is 12.7 Å². The zero-order chi connectivity index (χ0) is 15.6. The van der Waals surface area contributed by atoms with Crippen molar-refractivity contribution in [3.8, 4) is 0 Å². The van der Waals surface area contributed by atoms with E-state index in [0.29, 0.717) is 16.6 Å². The largest absolute Gasteiger partial charge is 0.394 e. The van der Waals surface area contributed by atoms with Gasteiger partial charge >= 0.3 is 6.03 Å². The van der Waals surface area contributed by atoms with Gasteiger partial charge in [-0.1, -0.05) is 11.3 Å². The third kappa shape index (κ3) is 4.34. The third-order valence-electron chi connectivity index (χ3n) is 2.83. The molecule has 0 aliphatic carbocycles. The summed E-state index contributed by atoms with van der Waals surface area (Å²) in [7, 11) is 0. The molecule has 0 bridgehead atoms. The minimum atomic E-state index is -0.718. The molecule has 0 unspecified atom stereocenters. The van der Waals surface area contributed by atoms with Crippen LogP contribution in [0, 0.1) is 0 Å². The summed E-state index contributed by atoms with van der Waals surface area (Å²) >= 11 is 1.19. The highest BCUT2D eigenvalue weighted by Crippen LogP contribution is 2.35. The van der Waals surface area contributed by atoms with Crippen LogP contribution in [0.1, 0.15) is 38.3 Å². The summed E-state index contributed by atoms with van der Waals surface area (Å²) in [6.45, 7) is 5.39. The van der Waals surface area contributed by atoms with E-state index in [1.165, 1.54) is 11.3 Å². The van der Waals surface area contributed by atoms with E-state index in [2.05, 4.69) is 20.8 Å². The van der Waals surface area contributed by atoms with Crippen LogP contribution in [0.3, 0.4) is 0 Å². The number of aromatic nitrogens is 2. The minimum absolute atomic E-state index is 0.241. The molecule has 2 rings (SSSR count). The van der Waals surface area contributed by atoms with Crippen LogP contribution in [0.15, 0.2) is 0 Å². The third-order valence-corrected chi connectivity index (χ3v) is 3.76. The molecule has 1 aromatic heterocycles. The van der Waals surface area contributed by atoms with Gasteiger partial charge in [0.1, 0.15) is 17.2 Å². The van der Waals surface area contributed by atoms with E-state index in [9.17, 15) is 9.90 Å². The summed E-state index contributed by atoms with van der Waals surface area (Å²) in [5, 5.41) is 32.9. The van der Waals surface area contributed by atoms with E-state index >= 15 is 0 Å². The topological polar surface area (TPSA) is 117 Å². The smallest absolute Gasteiger partial charge is 0.321 e. The molecule has 0 aromatic carbocycles. The van der Waals surface area contributed by atoms with Gasteiger partial charge in [-0.2, -0.15) is 0 Å². The fourth-order valence-corrected chi connectivity index (χ4v) is 2.72. The van der Waals surface area contributed by atoms with Crippen LogP contribution in [0.25, 0.3) is 0 Å². The molecule has 0 spiro atoms. The average molecular weight is 316 g/mol. The molecule has 4 N–H and O–H groups in total. The normalized spacial score (nSPS) is 25.9. The molecule has 8 nitrogen and oxygen atoms in total. The predicted molar refractivity (Wildman–Crippen MR) is 77.1 cm³/mol. The molecule has 9 heteroatoms. The summed E-state index contributed by atoms with van der Waals surface area (Å²) in [5.41, 5.74) is -0.343. The van der Waals surface area contributed by atoms with Crippen molar-refractivity contribution in [1.29, 1.82) is 0 Å². The molecule has 3 atom stereocenters. The molecular formula is C12H20N4O4S. The first-order valence-corrected chi connectivity index (χ1v) is 7.47. The lowest BCUT2D eigenvalue weighted by molar-refractivity contribution is -0.0227. The molecule has 2 heterocycles. The maximum atomic E-state index is 11.7. The molecular weight excluding hydrogens is 296 g/mol. The number of urea groups is 1. The first kappa shape index (κ1) is 16.1. The number of aliphatic hydroxyl groups excluding tert-OH is 2. The fourth-order valence-electron chi connectivity index (χ4n) is 1.94. The summed E-state index contributed by atoms with van der Waals surface area (Å²) in [6, 6.07) is -0.356. The maximum absolute atomic E-state index is 11.7. The van der Waals surface area contributed by atoms with E-state index in [1.54, 1.807) is 0 Å². The van der Waals surface area contributed by atoms with Gasteiger partial charge in [0.15, 0.2) is 0 Å². The summed E-state index contributed by atoms with van der Waals surface area (Å²) in [6.07, 6.45) is -1.37. The van der Waals surface area contributed by atoms with Gasteiger partial charge in [-0.25, -0.2) is 4.79 Å². The second-order valence-electron chi connectivity index (χ2n) is 5.92. The Labute approximate surface area is 126 Å². The Kier molecular flexibility index (Phi) is 4.77. The number of carbonyl (C=O) groups excluding carboxylic acids is 1. The number of hydrogen-bond donors (Lipinski definition) is 4. The van der Waals surface area contributed by atoms with Gasteiger partial charge < -0.3 is 20.3 Å². The average Bonchev–Trinajstić information content (AvgIpc) is 2.93. The molecule has 118 valence electrons. The van der Waals surface area contributed by atoms with Crippen LogP contribution < -0.4 is 10.6 Å². The molecule has 1 aromatic rings. The van der Waals surface area contributed by atoms with Crippen LogP contribution in [-0.2, 0) is 4.74 Å². The van der Waals surface area contributed by atoms with Crippen molar-refractivity contribution in [2.45, 2.75) is 51.0 Å². The number of nitrogens with one attached hydrogen (secondary N) is 2. The number of aliphatic hydroxyl groups is 2. The lowest BCUT2D eigenvalue weighted by Gasteiger charge is -2.19. The minimum Gasteiger partial charge on any atom is -0.394 e. The number of hydrogen-bond acceptors (Lipinski definition) is 7. The van der Waals surface area contributed by atoms with Crippen molar-refractivity contribution in [2.75, 3.05) is 11.9 Å². The summed E-state index contributed by atoms with van der Waals surface area (Å²) in [5.74, 6) is 0. The van der Waals surface area contributed by atoms with Crippen LogP contribution in [0.2, 0.25) is 0 Å². The van der Waals surface area contributed by atoms with E-state index in [4.69, 9.17) is 9.84 Å². The lowest BCUT2D eigenvalue weighted by atomic mass is 10.1. The standard InChI is InChI=1S/C12H20N4O4S/c1-12(2,3)14-10(19)13-11-16-15-9(21-11)7-4-6(18)8(5-17)20-7/h6-8,17-18H,4-5H2,1-3H3,(H2,13,14,16,19)/t6-,7+,8+/m0/s1. The van der Waals surface area contributed by atoms with Crippen LogP contribution in [-0.4, -0.2) is 50.8 Å². The Morgan fingerprint density at radius 1 is 1.48 bits per heavy atom. The Hall–Kier alpha value is -1.29. The van der Waals surface area contributed by atoms with Gasteiger partial charge in [0, 0.05) is 12.0 Å². The molecule has 1 fully saturated rings. The first-order chi connectivity index (χ1) is 9.78. The van der Waals surface area contributed by atoms with Crippen LogP contribution >= 0.6 is 11.3 Å². The molecule has 0 radical (unpaired) electrons. The van der Waals surface area contributed by atoms with Crippen molar-refractivity contribution < 1.29 is 19.7 Å². The van der Waals surface area contributed by atoms with Crippen molar-refractivity contribution in [2.24, 2.45) is 0 Å². The molecule has 1 aliphatic heterocycles. The quantitative estimate of drug-likeness (QED) is 0.650. The van der Waals surface area contributed by atoms with Gasteiger partial charge in [-0.15, -0.1) is 10.2 Å². The van der Waals surface area contributed by atoms with Gasteiger partial charge in [-0.3, -0.25) is 5.32 Å². The van der Waals surface area contributed by atoms with Crippen molar-refractivity contribution in [3.63, 3.8) is 0 Å². The molecule has 2 amide bonds.